The van der Waals surface area contributed by atoms with Crippen LogP contribution in [0, 0.1) is 0 Å². The fourth-order valence-corrected chi connectivity index (χ4v) is 4.59. The van der Waals surface area contributed by atoms with Crippen LogP contribution in [0.2, 0.25) is 0 Å². The highest BCUT2D eigenvalue weighted by molar-refractivity contribution is 7.99. The first-order valence-electron chi connectivity index (χ1n) is 8.81. The minimum Gasteiger partial charge on any atom is -0.267 e. The lowest BCUT2D eigenvalue weighted by Crippen LogP contribution is -2.42. The molecule has 162 valence electrons. The van der Waals surface area contributed by atoms with Crippen molar-refractivity contribution < 1.29 is 26.8 Å². The van der Waals surface area contributed by atoms with E-state index in [2.05, 4.69) is 15.8 Å². The number of carbonyl (C=O) groups is 2. The van der Waals surface area contributed by atoms with Crippen molar-refractivity contribution in [2.45, 2.75) is 29.5 Å². The van der Waals surface area contributed by atoms with Gasteiger partial charge in [0.1, 0.15) is 5.03 Å². The summed E-state index contributed by atoms with van der Waals surface area (Å²) in [5, 5.41) is -0.188. The van der Waals surface area contributed by atoms with E-state index in [0.29, 0.717) is 0 Å². The molecule has 1 aromatic heterocycles. The summed E-state index contributed by atoms with van der Waals surface area (Å²) in [4.78, 5) is 28.3. The zero-order valence-corrected chi connectivity index (χ0v) is 17.8. The van der Waals surface area contributed by atoms with Gasteiger partial charge >= 0.3 is 0 Å². The minimum atomic E-state index is -3.76. The molecule has 2 rings (SSSR count). The molecule has 2 aromatic rings. The fourth-order valence-electron chi connectivity index (χ4n) is 2.51. The Labute approximate surface area is 177 Å². The third-order valence-electron chi connectivity index (χ3n) is 3.95. The first-order valence-corrected chi connectivity index (χ1v) is 11.1. The maximum Gasteiger partial charge on any atom is 0.290 e. The second-order valence-corrected chi connectivity index (χ2v) is 8.68. The number of alkyl halides is 2. The number of nitrogens with one attached hydrogen (secondary N) is 2. The van der Waals surface area contributed by atoms with Crippen LogP contribution in [0.25, 0.3) is 0 Å². The van der Waals surface area contributed by atoms with Crippen molar-refractivity contribution >= 4 is 33.6 Å². The monoisotopic (exact) mass is 458 g/mol. The standard InChI is InChI=1S/C18H20F2N4O4S2/c1-3-24(4-2)30(27,28)13-8-5-7-12(11-13)15(25)22-23-16(26)14-9-6-10-21-17(14)29-18(19)20/h5-11,18H,3-4H2,1-2H3,(H,22,25)(H,23,26). The summed E-state index contributed by atoms with van der Waals surface area (Å²) in [6.45, 7) is 3.95. The highest BCUT2D eigenvalue weighted by atomic mass is 32.2. The normalized spacial score (nSPS) is 11.5. The number of amides is 2. The van der Waals surface area contributed by atoms with Crippen LogP contribution in [0.1, 0.15) is 34.6 Å². The number of nitrogens with zero attached hydrogens (tertiary/aromatic N) is 2. The molecule has 12 heteroatoms. The number of benzene rings is 1. The van der Waals surface area contributed by atoms with E-state index in [9.17, 15) is 26.8 Å². The van der Waals surface area contributed by atoms with Crippen LogP contribution in [0.15, 0.2) is 52.5 Å². The third-order valence-corrected chi connectivity index (χ3v) is 6.72. The number of sulfonamides is 1. The van der Waals surface area contributed by atoms with Crippen molar-refractivity contribution in [2.75, 3.05) is 13.1 Å². The molecule has 1 heterocycles. The molecule has 30 heavy (non-hydrogen) atoms. The smallest absolute Gasteiger partial charge is 0.267 e. The van der Waals surface area contributed by atoms with E-state index >= 15 is 0 Å². The Kier molecular flexibility index (Phi) is 8.26. The Balaban J connectivity index is 2.14. The van der Waals surface area contributed by atoms with Crippen molar-refractivity contribution in [1.82, 2.24) is 20.1 Å². The number of thioether (sulfide) groups is 1. The molecule has 0 radical (unpaired) electrons. The van der Waals surface area contributed by atoms with Crippen LogP contribution >= 0.6 is 11.8 Å². The first kappa shape index (κ1) is 23.7. The quantitative estimate of drug-likeness (QED) is 0.465. The number of halogens is 2. The molecule has 0 aliphatic rings. The Morgan fingerprint density at radius 3 is 2.40 bits per heavy atom. The maximum atomic E-state index is 12.6. The lowest BCUT2D eigenvalue weighted by Gasteiger charge is -2.18. The van der Waals surface area contributed by atoms with Crippen molar-refractivity contribution in [3.05, 3.63) is 53.7 Å². The molecule has 0 unspecified atom stereocenters. The van der Waals surface area contributed by atoms with Crippen molar-refractivity contribution in [2.24, 2.45) is 0 Å². The van der Waals surface area contributed by atoms with Gasteiger partial charge in [-0.1, -0.05) is 19.9 Å². The molecule has 0 aliphatic carbocycles. The lowest BCUT2D eigenvalue weighted by molar-refractivity contribution is 0.0844. The van der Waals surface area contributed by atoms with E-state index in [4.69, 9.17) is 0 Å². The van der Waals surface area contributed by atoms with Crippen LogP contribution in [0.5, 0.6) is 0 Å². The van der Waals surface area contributed by atoms with Gasteiger partial charge in [-0.25, -0.2) is 13.4 Å². The number of carbonyl (C=O) groups excluding carboxylic acids is 2. The molecule has 0 atom stereocenters. The van der Waals surface area contributed by atoms with Crippen molar-refractivity contribution in [3.8, 4) is 0 Å². The van der Waals surface area contributed by atoms with Crippen LogP contribution in [-0.2, 0) is 10.0 Å². The number of hydrogen-bond donors (Lipinski definition) is 2. The third kappa shape index (κ3) is 5.74. The van der Waals surface area contributed by atoms with Gasteiger partial charge in [-0.3, -0.25) is 20.4 Å². The summed E-state index contributed by atoms with van der Waals surface area (Å²) in [5.74, 6) is -4.38. The summed E-state index contributed by atoms with van der Waals surface area (Å²) in [6.07, 6.45) is 1.27. The molecule has 0 saturated heterocycles. The first-order chi connectivity index (χ1) is 14.2. The van der Waals surface area contributed by atoms with Gasteiger partial charge in [0.2, 0.25) is 10.0 Å². The molecule has 0 fully saturated rings. The van der Waals surface area contributed by atoms with Gasteiger partial charge in [0.05, 0.1) is 10.5 Å². The van der Waals surface area contributed by atoms with Crippen LogP contribution in [0.4, 0.5) is 8.78 Å². The largest absolute Gasteiger partial charge is 0.290 e. The Hall–Kier alpha value is -2.57. The molecule has 1 aromatic carbocycles. The SMILES string of the molecule is CCN(CC)S(=O)(=O)c1cccc(C(=O)NNC(=O)c2cccnc2SC(F)F)c1. The summed E-state index contributed by atoms with van der Waals surface area (Å²) in [6, 6.07) is 8.03. The number of rotatable bonds is 8. The average Bonchev–Trinajstić information content (AvgIpc) is 2.72. The topological polar surface area (TPSA) is 108 Å². The summed E-state index contributed by atoms with van der Waals surface area (Å²) in [5.41, 5.74) is 4.12. The minimum absolute atomic E-state index is 0.00287. The molecule has 0 saturated carbocycles. The molecule has 2 amide bonds. The summed E-state index contributed by atoms with van der Waals surface area (Å²) in [7, 11) is -3.76. The summed E-state index contributed by atoms with van der Waals surface area (Å²) >= 11 is 0.106. The Bertz CT molecular complexity index is 1010. The zero-order chi connectivity index (χ0) is 22.3. The second kappa shape index (κ2) is 10.5. The average molecular weight is 459 g/mol. The van der Waals surface area contributed by atoms with E-state index in [1.807, 2.05) is 0 Å². The molecule has 0 spiro atoms. The second-order valence-electron chi connectivity index (χ2n) is 5.76. The maximum absolute atomic E-state index is 12.6. The molecule has 2 N–H and O–H groups in total. The van der Waals surface area contributed by atoms with E-state index in [0.717, 1.165) is 0 Å². The van der Waals surface area contributed by atoms with Gasteiger partial charge in [-0.05, 0) is 42.1 Å². The highest BCUT2D eigenvalue weighted by Crippen LogP contribution is 2.26. The van der Waals surface area contributed by atoms with Gasteiger partial charge in [0, 0.05) is 24.8 Å². The number of pyridine rings is 1. The van der Waals surface area contributed by atoms with Gasteiger partial charge in [0.15, 0.2) is 0 Å². The van der Waals surface area contributed by atoms with E-state index < -0.39 is 27.6 Å². The Morgan fingerprint density at radius 2 is 1.77 bits per heavy atom. The van der Waals surface area contributed by atoms with Gasteiger partial charge in [0.25, 0.3) is 17.6 Å². The van der Waals surface area contributed by atoms with Gasteiger partial charge in [-0.2, -0.15) is 13.1 Å². The van der Waals surface area contributed by atoms with E-state index in [-0.39, 0.29) is 45.9 Å². The number of hydrogen-bond acceptors (Lipinski definition) is 6. The van der Waals surface area contributed by atoms with Crippen LogP contribution in [-0.4, -0.2) is 48.4 Å². The summed E-state index contributed by atoms with van der Waals surface area (Å²) < 4.78 is 51.7. The van der Waals surface area contributed by atoms with Crippen molar-refractivity contribution in [3.63, 3.8) is 0 Å². The fraction of sp³-hybridized carbons (Fsp3) is 0.278. The van der Waals surface area contributed by atoms with Crippen molar-refractivity contribution in [1.29, 1.82) is 0 Å². The van der Waals surface area contributed by atoms with E-state index in [1.54, 1.807) is 13.8 Å². The van der Waals surface area contributed by atoms with Crippen LogP contribution < -0.4 is 10.9 Å². The molecule has 0 aliphatic heterocycles. The van der Waals surface area contributed by atoms with Gasteiger partial charge < -0.3 is 0 Å². The predicted molar refractivity (Wildman–Crippen MR) is 108 cm³/mol. The molecule has 0 bridgehead atoms. The molecular weight excluding hydrogens is 438 g/mol. The predicted octanol–water partition coefficient (Wildman–Crippen LogP) is 2.50. The molecular formula is C18H20F2N4O4S2. The van der Waals surface area contributed by atoms with Crippen LogP contribution in [0.3, 0.4) is 0 Å². The zero-order valence-electron chi connectivity index (χ0n) is 16.1. The molecule has 8 nitrogen and oxygen atoms in total. The van der Waals surface area contributed by atoms with E-state index in [1.165, 1.54) is 46.9 Å². The number of hydrazine groups is 1. The number of aromatic nitrogens is 1. The van der Waals surface area contributed by atoms with Gasteiger partial charge in [-0.15, -0.1) is 0 Å². The lowest BCUT2D eigenvalue weighted by atomic mass is 10.2. The Morgan fingerprint density at radius 1 is 1.10 bits per heavy atom. The highest BCUT2D eigenvalue weighted by Gasteiger charge is 2.23.